The third kappa shape index (κ3) is 1.75. The fourth-order valence-corrected chi connectivity index (χ4v) is 1.29. The average Bonchev–Trinajstić information content (AvgIpc) is 2.19. The molecule has 0 aliphatic carbocycles. The molecular weight excluding hydrogens is 158 g/mol. The predicted octanol–water partition coefficient (Wildman–Crippen LogP) is 2.93. The molecular formula is C12H10N. The summed E-state index contributed by atoms with van der Waals surface area (Å²) in [5, 5.41) is 0. The molecule has 2 rings (SSSR count). The Balaban J connectivity index is 2.48. The molecule has 13 heavy (non-hydrogen) atoms. The van der Waals surface area contributed by atoms with E-state index in [2.05, 4.69) is 24.0 Å². The van der Waals surface area contributed by atoms with Gasteiger partial charge in [-0.2, -0.15) is 0 Å². The largest absolute Gasteiger partial charge is 0.261 e. The van der Waals surface area contributed by atoms with Gasteiger partial charge in [0.15, 0.2) is 0 Å². The van der Waals surface area contributed by atoms with Gasteiger partial charge in [-0.3, -0.25) is 4.98 Å². The molecule has 0 N–H and O–H groups in total. The zero-order valence-electron chi connectivity index (χ0n) is 7.27. The Bertz CT molecular complexity index is 393. The maximum absolute atomic E-state index is 4.05. The zero-order chi connectivity index (χ0) is 9.10. The van der Waals surface area contributed by atoms with Crippen LogP contribution in [0.3, 0.4) is 0 Å². The minimum absolute atomic E-state index is 0.807. The van der Waals surface area contributed by atoms with Crippen LogP contribution in [0.5, 0.6) is 0 Å². The van der Waals surface area contributed by atoms with Gasteiger partial charge < -0.3 is 0 Å². The summed E-state index contributed by atoms with van der Waals surface area (Å²) in [6.45, 7) is 3.80. The Hall–Kier alpha value is -1.63. The number of nitrogens with zero attached hydrogens (tertiary/aromatic N) is 1. The van der Waals surface area contributed by atoms with Crippen LogP contribution in [0.2, 0.25) is 0 Å². The van der Waals surface area contributed by atoms with Crippen molar-refractivity contribution in [1.29, 1.82) is 0 Å². The Labute approximate surface area is 78.1 Å². The second-order valence-electron chi connectivity index (χ2n) is 2.90. The van der Waals surface area contributed by atoms with Gasteiger partial charge in [-0.1, -0.05) is 30.3 Å². The minimum atomic E-state index is 0.807. The number of benzene rings is 1. The number of aromatic nitrogens is 1. The Kier molecular flexibility index (Phi) is 2.09. The van der Waals surface area contributed by atoms with Crippen molar-refractivity contribution in [3.63, 3.8) is 0 Å². The highest BCUT2D eigenvalue weighted by Crippen LogP contribution is 2.18. The molecule has 1 aromatic heterocycles. The first-order chi connectivity index (χ1) is 6.36. The van der Waals surface area contributed by atoms with Gasteiger partial charge in [0.25, 0.3) is 0 Å². The second-order valence-corrected chi connectivity index (χ2v) is 2.90. The summed E-state index contributed by atoms with van der Waals surface area (Å²) in [4.78, 5) is 4.05. The van der Waals surface area contributed by atoms with Gasteiger partial charge in [-0.05, 0) is 30.2 Å². The molecule has 0 unspecified atom stereocenters. The average molecular weight is 168 g/mol. The molecule has 1 radical (unpaired) electrons. The fourth-order valence-electron chi connectivity index (χ4n) is 1.29. The minimum Gasteiger partial charge on any atom is -0.261 e. The molecule has 0 saturated heterocycles. The number of hydrogen-bond acceptors (Lipinski definition) is 1. The van der Waals surface area contributed by atoms with Gasteiger partial charge in [0.2, 0.25) is 0 Å². The van der Waals surface area contributed by atoms with Gasteiger partial charge >= 0.3 is 0 Å². The number of hydrogen-bond donors (Lipinski definition) is 0. The van der Waals surface area contributed by atoms with E-state index in [0.29, 0.717) is 0 Å². The topological polar surface area (TPSA) is 12.9 Å². The Morgan fingerprint density at radius 3 is 2.38 bits per heavy atom. The van der Waals surface area contributed by atoms with Gasteiger partial charge in [0.05, 0.1) is 0 Å². The van der Waals surface area contributed by atoms with Crippen molar-refractivity contribution in [3.05, 3.63) is 61.3 Å². The summed E-state index contributed by atoms with van der Waals surface area (Å²) < 4.78 is 0. The van der Waals surface area contributed by atoms with Crippen LogP contribution < -0.4 is 0 Å². The van der Waals surface area contributed by atoms with Crippen molar-refractivity contribution in [2.45, 2.75) is 0 Å². The highest BCUT2D eigenvalue weighted by atomic mass is 14.6. The first kappa shape index (κ1) is 7.99. The molecule has 1 nitrogen and oxygen atoms in total. The lowest BCUT2D eigenvalue weighted by Gasteiger charge is -2.00. The highest BCUT2D eigenvalue weighted by molar-refractivity contribution is 5.63. The van der Waals surface area contributed by atoms with E-state index in [0.717, 1.165) is 5.69 Å². The van der Waals surface area contributed by atoms with Crippen LogP contribution in [0.1, 0.15) is 5.69 Å². The van der Waals surface area contributed by atoms with Crippen molar-refractivity contribution in [2.75, 3.05) is 0 Å². The van der Waals surface area contributed by atoms with Crippen LogP contribution in [-0.4, -0.2) is 4.98 Å². The molecule has 1 heterocycles. The number of pyridine rings is 1. The monoisotopic (exact) mass is 168 g/mol. The van der Waals surface area contributed by atoms with E-state index in [4.69, 9.17) is 0 Å². The predicted molar refractivity (Wildman–Crippen MR) is 54.1 cm³/mol. The number of rotatable bonds is 1. The van der Waals surface area contributed by atoms with Crippen LogP contribution in [0.15, 0.2) is 48.7 Å². The van der Waals surface area contributed by atoms with Crippen LogP contribution in [-0.2, 0) is 0 Å². The molecule has 0 aliphatic heterocycles. The lowest BCUT2D eigenvalue weighted by Crippen LogP contribution is -1.81. The van der Waals surface area contributed by atoms with Gasteiger partial charge in [0.1, 0.15) is 0 Å². The molecule has 1 aromatic carbocycles. The third-order valence-electron chi connectivity index (χ3n) is 1.92. The summed E-state index contributed by atoms with van der Waals surface area (Å²) in [5.41, 5.74) is 3.18. The quantitative estimate of drug-likeness (QED) is 0.638. The molecule has 63 valence electrons. The van der Waals surface area contributed by atoms with Crippen molar-refractivity contribution in [2.24, 2.45) is 0 Å². The van der Waals surface area contributed by atoms with Crippen LogP contribution in [0.4, 0.5) is 0 Å². The van der Waals surface area contributed by atoms with Crippen LogP contribution in [0, 0.1) is 6.92 Å². The molecule has 0 spiro atoms. The van der Waals surface area contributed by atoms with E-state index < -0.39 is 0 Å². The van der Waals surface area contributed by atoms with E-state index in [1.54, 1.807) is 6.20 Å². The third-order valence-corrected chi connectivity index (χ3v) is 1.92. The van der Waals surface area contributed by atoms with Crippen LogP contribution >= 0.6 is 0 Å². The second kappa shape index (κ2) is 3.40. The van der Waals surface area contributed by atoms with Gasteiger partial charge in [-0.25, -0.2) is 0 Å². The van der Waals surface area contributed by atoms with Crippen molar-refractivity contribution >= 4 is 0 Å². The molecule has 0 atom stereocenters. The smallest absolute Gasteiger partial charge is 0.0413 e. The summed E-state index contributed by atoms with van der Waals surface area (Å²) >= 11 is 0. The summed E-state index contributed by atoms with van der Waals surface area (Å²) in [6.07, 6.45) is 1.78. The van der Waals surface area contributed by atoms with Crippen LogP contribution in [0.25, 0.3) is 11.1 Å². The molecule has 0 amide bonds. The molecule has 1 heteroatoms. The first-order valence-electron chi connectivity index (χ1n) is 4.20. The van der Waals surface area contributed by atoms with E-state index in [9.17, 15) is 0 Å². The standard InChI is InChI=1S/C12H10N/c1-10-9-12(7-8-13-10)11-5-3-2-4-6-11/h2-9H,1H2. The highest BCUT2D eigenvalue weighted by Gasteiger charge is 1.95. The summed E-state index contributed by atoms with van der Waals surface area (Å²) in [5.74, 6) is 0. The molecule has 0 bridgehead atoms. The molecule has 0 saturated carbocycles. The molecule has 2 aromatic rings. The Morgan fingerprint density at radius 2 is 1.69 bits per heavy atom. The van der Waals surface area contributed by atoms with E-state index in [1.165, 1.54) is 11.1 Å². The molecule has 0 fully saturated rings. The maximum atomic E-state index is 4.05. The molecule has 0 aliphatic rings. The summed E-state index contributed by atoms with van der Waals surface area (Å²) in [7, 11) is 0. The summed E-state index contributed by atoms with van der Waals surface area (Å²) in [6, 6.07) is 14.2. The maximum Gasteiger partial charge on any atom is 0.0413 e. The van der Waals surface area contributed by atoms with E-state index in [1.807, 2.05) is 30.3 Å². The fraction of sp³-hybridized carbons (Fsp3) is 0. The van der Waals surface area contributed by atoms with Crippen molar-refractivity contribution in [3.8, 4) is 11.1 Å². The SMILES string of the molecule is [CH2]c1cc(-c2ccccc2)ccn1. The lowest BCUT2D eigenvalue weighted by atomic mass is 10.1. The van der Waals surface area contributed by atoms with E-state index >= 15 is 0 Å². The Morgan fingerprint density at radius 1 is 0.923 bits per heavy atom. The van der Waals surface area contributed by atoms with E-state index in [-0.39, 0.29) is 0 Å². The van der Waals surface area contributed by atoms with Crippen molar-refractivity contribution < 1.29 is 0 Å². The normalized spacial score (nSPS) is 9.92. The lowest BCUT2D eigenvalue weighted by molar-refractivity contribution is 1.27. The zero-order valence-corrected chi connectivity index (χ0v) is 7.27. The van der Waals surface area contributed by atoms with Gasteiger partial charge in [0, 0.05) is 11.9 Å². The first-order valence-corrected chi connectivity index (χ1v) is 4.20. The van der Waals surface area contributed by atoms with Crippen molar-refractivity contribution in [1.82, 2.24) is 4.98 Å². The van der Waals surface area contributed by atoms with Gasteiger partial charge in [-0.15, -0.1) is 0 Å².